The molecule has 2 aliphatic carbocycles. The van der Waals surface area contributed by atoms with Gasteiger partial charge in [0.25, 0.3) is 5.91 Å². The fraction of sp³-hybridized carbons (Fsp3) is 0.571. The molecule has 1 aromatic carbocycles. The second-order valence-electron chi connectivity index (χ2n) is 8.79. The maximum absolute atomic E-state index is 12.6. The number of urea groups is 1. The van der Waals surface area contributed by atoms with Crippen LogP contribution in [0.15, 0.2) is 30.3 Å². The predicted molar refractivity (Wildman–Crippen MR) is 100 cm³/mol. The highest BCUT2D eigenvalue weighted by molar-refractivity contribution is 6.20. The van der Waals surface area contributed by atoms with Crippen molar-refractivity contribution in [2.75, 3.05) is 18.0 Å². The standard InChI is InChI=1S/C21H26N2O4/c1-20(2)14-9-10-21(20,3)16(11-14)27-18(25)13-22-12-17(24)23(19(22)26)15-7-5-4-6-8-15/h4-8,14,16H,9-13H2,1-3H3/t14-,16-,21+/m1/s1. The molecule has 1 aliphatic heterocycles. The number of imide groups is 1. The molecule has 3 atom stereocenters. The van der Waals surface area contributed by atoms with E-state index in [1.54, 1.807) is 24.3 Å². The number of carbonyl (C=O) groups excluding carboxylic acids is 3. The number of nitrogens with zero attached hydrogens (tertiary/aromatic N) is 2. The minimum atomic E-state index is -0.470. The van der Waals surface area contributed by atoms with Gasteiger partial charge in [-0.15, -0.1) is 0 Å². The fourth-order valence-electron chi connectivity index (χ4n) is 5.16. The van der Waals surface area contributed by atoms with Crippen molar-refractivity contribution in [3.63, 3.8) is 0 Å². The van der Waals surface area contributed by atoms with E-state index >= 15 is 0 Å². The van der Waals surface area contributed by atoms with Crippen LogP contribution in [0.2, 0.25) is 0 Å². The molecule has 0 aromatic heterocycles. The molecule has 1 saturated heterocycles. The van der Waals surface area contributed by atoms with E-state index in [1.807, 2.05) is 6.07 Å². The lowest BCUT2D eigenvalue weighted by Gasteiger charge is -2.38. The van der Waals surface area contributed by atoms with Crippen LogP contribution >= 0.6 is 0 Å². The molecule has 1 heterocycles. The van der Waals surface area contributed by atoms with E-state index < -0.39 is 12.0 Å². The summed E-state index contributed by atoms with van der Waals surface area (Å²) in [7, 11) is 0. The number of rotatable bonds is 4. The van der Waals surface area contributed by atoms with Gasteiger partial charge < -0.3 is 9.64 Å². The number of benzene rings is 1. The van der Waals surface area contributed by atoms with Gasteiger partial charge in [0.1, 0.15) is 19.2 Å². The molecule has 0 radical (unpaired) electrons. The maximum atomic E-state index is 12.6. The fourth-order valence-corrected chi connectivity index (χ4v) is 5.16. The molecule has 6 heteroatoms. The van der Waals surface area contributed by atoms with Crippen molar-refractivity contribution in [1.29, 1.82) is 0 Å². The zero-order valence-electron chi connectivity index (χ0n) is 16.1. The zero-order valence-corrected chi connectivity index (χ0v) is 16.1. The van der Waals surface area contributed by atoms with Gasteiger partial charge in [0.2, 0.25) is 0 Å². The number of para-hydroxylation sites is 1. The third-order valence-electron chi connectivity index (χ3n) is 7.36. The maximum Gasteiger partial charge on any atom is 0.332 e. The largest absolute Gasteiger partial charge is 0.460 e. The minimum Gasteiger partial charge on any atom is -0.460 e. The van der Waals surface area contributed by atoms with Crippen LogP contribution in [-0.2, 0) is 14.3 Å². The van der Waals surface area contributed by atoms with Gasteiger partial charge in [0.15, 0.2) is 0 Å². The summed E-state index contributed by atoms with van der Waals surface area (Å²) in [5.41, 5.74) is 0.654. The van der Waals surface area contributed by atoms with Gasteiger partial charge in [-0.05, 0) is 42.7 Å². The summed E-state index contributed by atoms with van der Waals surface area (Å²) in [6, 6.07) is 8.30. The lowest BCUT2D eigenvalue weighted by Crippen LogP contribution is -2.41. The first kappa shape index (κ1) is 18.0. The van der Waals surface area contributed by atoms with Crippen molar-refractivity contribution in [1.82, 2.24) is 4.90 Å². The van der Waals surface area contributed by atoms with Crippen molar-refractivity contribution in [3.8, 4) is 0 Å². The summed E-state index contributed by atoms with van der Waals surface area (Å²) in [4.78, 5) is 39.8. The van der Waals surface area contributed by atoms with Gasteiger partial charge >= 0.3 is 12.0 Å². The van der Waals surface area contributed by atoms with Crippen molar-refractivity contribution >= 4 is 23.6 Å². The average molecular weight is 370 g/mol. The predicted octanol–water partition coefficient (Wildman–Crippen LogP) is 3.21. The molecule has 2 bridgehead atoms. The van der Waals surface area contributed by atoms with Gasteiger partial charge in [0, 0.05) is 5.41 Å². The Morgan fingerprint density at radius 3 is 2.48 bits per heavy atom. The minimum absolute atomic E-state index is 0.0196. The number of ether oxygens (including phenoxy) is 1. The third kappa shape index (κ3) is 2.65. The Kier molecular flexibility index (Phi) is 4.05. The van der Waals surface area contributed by atoms with E-state index in [9.17, 15) is 14.4 Å². The normalized spacial score (nSPS) is 31.7. The average Bonchev–Trinajstić information content (AvgIpc) is 3.09. The summed E-state index contributed by atoms with van der Waals surface area (Å²) in [6.07, 6.45) is 3.02. The molecule has 1 aromatic rings. The lowest BCUT2D eigenvalue weighted by atomic mass is 9.70. The van der Waals surface area contributed by atoms with Crippen LogP contribution in [0, 0.1) is 16.7 Å². The number of hydrogen-bond acceptors (Lipinski definition) is 4. The number of esters is 1. The summed E-state index contributed by atoms with van der Waals surface area (Å²) >= 11 is 0. The van der Waals surface area contributed by atoms with E-state index in [0.29, 0.717) is 11.6 Å². The molecule has 144 valence electrons. The lowest BCUT2D eigenvalue weighted by molar-refractivity contribution is -0.157. The highest BCUT2D eigenvalue weighted by Crippen LogP contribution is 2.66. The van der Waals surface area contributed by atoms with Gasteiger partial charge in [0.05, 0.1) is 5.69 Å². The first-order chi connectivity index (χ1) is 12.7. The molecule has 3 amide bonds. The van der Waals surface area contributed by atoms with Crippen LogP contribution in [0.5, 0.6) is 0 Å². The summed E-state index contributed by atoms with van der Waals surface area (Å²) < 4.78 is 5.81. The molecule has 27 heavy (non-hydrogen) atoms. The van der Waals surface area contributed by atoms with Crippen molar-refractivity contribution < 1.29 is 19.1 Å². The quantitative estimate of drug-likeness (QED) is 0.603. The topological polar surface area (TPSA) is 66.9 Å². The second kappa shape index (κ2) is 6.08. The molecule has 3 aliphatic rings. The van der Waals surface area contributed by atoms with Crippen LogP contribution in [0.25, 0.3) is 0 Å². The smallest absolute Gasteiger partial charge is 0.332 e. The second-order valence-corrected chi connectivity index (χ2v) is 8.79. The van der Waals surface area contributed by atoms with Gasteiger partial charge in [-0.25, -0.2) is 9.69 Å². The first-order valence-electron chi connectivity index (χ1n) is 9.60. The molecule has 3 fully saturated rings. The number of hydrogen-bond donors (Lipinski definition) is 0. The Morgan fingerprint density at radius 1 is 1.19 bits per heavy atom. The number of amides is 3. The van der Waals surface area contributed by atoms with E-state index in [0.717, 1.165) is 17.7 Å². The van der Waals surface area contributed by atoms with Crippen molar-refractivity contribution in [2.45, 2.75) is 46.1 Å². The van der Waals surface area contributed by atoms with Gasteiger partial charge in [-0.1, -0.05) is 39.0 Å². The number of carbonyl (C=O) groups is 3. The molecular formula is C21H26N2O4. The highest BCUT2D eigenvalue weighted by atomic mass is 16.5. The Bertz CT molecular complexity index is 791. The van der Waals surface area contributed by atoms with E-state index in [2.05, 4.69) is 20.8 Å². The Labute approximate surface area is 159 Å². The summed E-state index contributed by atoms with van der Waals surface area (Å²) in [5.74, 6) is -0.184. The first-order valence-corrected chi connectivity index (χ1v) is 9.60. The van der Waals surface area contributed by atoms with E-state index in [4.69, 9.17) is 4.74 Å². The molecule has 2 saturated carbocycles. The molecule has 6 nitrogen and oxygen atoms in total. The van der Waals surface area contributed by atoms with Crippen LogP contribution in [-0.4, -0.2) is 42.0 Å². The van der Waals surface area contributed by atoms with Crippen LogP contribution < -0.4 is 4.90 Å². The molecule has 4 rings (SSSR count). The van der Waals surface area contributed by atoms with Crippen molar-refractivity contribution in [2.24, 2.45) is 16.7 Å². The monoisotopic (exact) mass is 370 g/mol. The number of anilines is 1. The summed E-state index contributed by atoms with van der Waals surface area (Å²) in [5, 5.41) is 0. The Balaban J connectivity index is 1.41. The third-order valence-corrected chi connectivity index (χ3v) is 7.36. The molecule has 0 spiro atoms. The highest BCUT2D eigenvalue weighted by Gasteiger charge is 2.62. The van der Waals surface area contributed by atoms with Crippen molar-refractivity contribution in [3.05, 3.63) is 30.3 Å². The molecular weight excluding hydrogens is 344 g/mol. The summed E-state index contributed by atoms with van der Waals surface area (Å²) in [6.45, 7) is 6.45. The van der Waals surface area contributed by atoms with Crippen LogP contribution in [0.3, 0.4) is 0 Å². The SMILES string of the molecule is CC1(C)[C@@H]2CC[C@@]1(C)[C@H](OC(=O)CN1CC(=O)N(c3ccccc3)C1=O)C2. The Hall–Kier alpha value is -2.37. The van der Waals surface area contributed by atoms with Gasteiger partial charge in [-0.3, -0.25) is 9.59 Å². The zero-order chi connectivity index (χ0) is 19.4. The number of fused-ring (bicyclic) bond motifs is 2. The van der Waals surface area contributed by atoms with Crippen LogP contribution in [0.1, 0.15) is 40.0 Å². The van der Waals surface area contributed by atoms with E-state index in [1.165, 1.54) is 11.3 Å². The molecule has 0 unspecified atom stereocenters. The van der Waals surface area contributed by atoms with Gasteiger partial charge in [-0.2, -0.15) is 0 Å². The van der Waals surface area contributed by atoms with Crippen LogP contribution in [0.4, 0.5) is 10.5 Å². The van der Waals surface area contributed by atoms with E-state index in [-0.39, 0.29) is 35.9 Å². The Morgan fingerprint density at radius 2 is 1.89 bits per heavy atom. The molecule has 0 N–H and O–H groups in total.